The van der Waals surface area contributed by atoms with Crippen molar-refractivity contribution in [3.05, 3.63) is 91.8 Å². The van der Waals surface area contributed by atoms with E-state index in [1.165, 1.54) is 18.3 Å². The zero-order valence-electron chi connectivity index (χ0n) is 26.2. The number of nitrogens with zero attached hydrogens (tertiary/aromatic N) is 7. The highest BCUT2D eigenvalue weighted by Gasteiger charge is 2.50. The Balaban J connectivity index is 1.28. The van der Waals surface area contributed by atoms with Gasteiger partial charge in [0.1, 0.15) is 12.4 Å². The van der Waals surface area contributed by atoms with Crippen molar-refractivity contribution in [1.82, 2.24) is 19.4 Å². The van der Waals surface area contributed by atoms with Crippen LogP contribution in [-0.4, -0.2) is 57.2 Å². The lowest BCUT2D eigenvalue weighted by Gasteiger charge is -2.40. The lowest BCUT2D eigenvalue weighted by atomic mass is 9.92. The Morgan fingerprint density at radius 3 is 2.79 bits per heavy atom. The number of hydrogen-bond acceptors (Lipinski definition) is 10. The van der Waals surface area contributed by atoms with Crippen LogP contribution in [0.1, 0.15) is 55.3 Å². The topological polar surface area (TPSA) is 140 Å². The fraction of sp³-hybridized carbons (Fsp3) is 0.412. The molecule has 5 heterocycles. The molecular weight excluding hydrogens is 605 g/mol. The second-order valence-corrected chi connectivity index (χ2v) is 12.7. The first kappa shape index (κ1) is 30.6. The summed E-state index contributed by atoms with van der Waals surface area (Å²) in [6.07, 6.45) is 7.94. The molecule has 0 radical (unpaired) electrons. The molecule has 1 aromatic carbocycles. The Hall–Kier alpha value is -5.09. The van der Waals surface area contributed by atoms with Gasteiger partial charge in [-0.25, -0.2) is 9.37 Å². The Labute approximate surface area is 270 Å². The van der Waals surface area contributed by atoms with Crippen molar-refractivity contribution in [3.63, 3.8) is 0 Å². The number of halogens is 1. The van der Waals surface area contributed by atoms with Crippen LogP contribution in [0.2, 0.25) is 0 Å². The minimum Gasteiger partial charge on any atom is -0.489 e. The number of nitro groups is 1. The van der Waals surface area contributed by atoms with Crippen molar-refractivity contribution in [2.75, 3.05) is 31.7 Å². The normalized spacial score (nSPS) is 19.7. The monoisotopic (exact) mass is 639 g/mol. The van der Waals surface area contributed by atoms with E-state index in [1.807, 2.05) is 29.8 Å². The summed E-state index contributed by atoms with van der Waals surface area (Å²) in [5.41, 5.74) is 1.89. The van der Waals surface area contributed by atoms with E-state index in [2.05, 4.69) is 25.8 Å². The number of rotatable bonds is 9. The highest BCUT2D eigenvalue weighted by molar-refractivity contribution is 5.88. The minimum absolute atomic E-state index is 0.00957. The van der Waals surface area contributed by atoms with E-state index in [4.69, 9.17) is 9.47 Å². The Kier molecular flexibility index (Phi) is 7.76. The third-order valence-corrected chi connectivity index (χ3v) is 9.65. The molecule has 13 heteroatoms. The number of piperidine rings is 1. The van der Waals surface area contributed by atoms with Crippen LogP contribution in [0.25, 0.3) is 10.9 Å². The number of hydrogen-bond donors (Lipinski definition) is 0. The molecule has 3 aromatic heterocycles. The first-order valence-corrected chi connectivity index (χ1v) is 15.7. The van der Waals surface area contributed by atoms with E-state index in [0.717, 1.165) is 30.6 Å². The van der Waals surface area contributed by atoms with Gasteiger partial charge in [0.05, 0.1) is 46.8 Å². The fourth-order valence-corrected chi connectivity index (χ4v) is 6.97. The number of ether oxygens (including phenoxy) is 2. The zero-order valence-corrected chi connectivity index (χ0v) is 26.2. The summed E-state index contributed by atoms with van der Waals surface area (Å²) in [5, 5.41) is 21.3. The summed E-state index contributed by atoms with van der Waals surface area (Å²) in [7, 11) is 1.56. The van der Waals surface area contributed by atoms with Crippen molar-refractivity contribution in [3.8, 4) is 17.7 Å². The predicted octanol–water partition coefficient (Wildman–Crippen LogP) is 5.03. The highest BCUT2D eigenvalue weighted by atomic mass is 19.1. The Morgan fingerprint density at radius 2 is 2.09 bits per heavy atom. The number of nitriles is 1. The van der Waals surface area contributed by atoms with E-state index in [0.29, 0.717) is 61.8 Å². The van der Waals surface area contributed by atoms with Crippen LogP contribution in [-0.2, 0) is 18.5 Å². The average Bonchev–Trinajstić information content (AvgIpc) is 3.88. The molecule has 1 unspecified atom stereocenters. The molecule has 4 aromatic rings. The number of benzene rings is 1. The van der Waals surface area contributed by atoms with Gasteiger partial charge in [-0.2, -0.15) is 5.26 Å². The highest BCUT2D eigenvalue weighted by Crippen LogP contribution is 2.54. The lowest BCUT2D eigenvalue weighted by Crippen LogP contribution is -2.48. The number of pyridine rings is 3. The van der Waals surface area contributed by atoms with E-state index < -0.39 is 16.2 Å². The van der Waals surface area contributed by atoms with Crippen LogP contribution in [0.5, 0.6) is 11.6 Å². The van der Waals surface area contributed by atoms with E-state index in [1.54, 1.807) is 19.4 Å². The van der Waals surface area contributed by atoms with Gasteiger partial charge in [0, 0.05) is 62.3 Å². The SMILES string of the molecule is COc1cc(CN(Cc2cn3c4c(c(C5(C#N)CC5)c(F)cc4c2=O)OCC3C)[C@H]2CCCN(c3ccc([N+](=O)[O-])nc3)C2)ccn1. The van der Waals surface area contributed by atoms with Gasteiger partial charge in [-0.3, -0.25) is 9.69 Å². The van der Waals surface area contributed by atoms with Crippen molar-refractivity contribution in [2.24, 2.45) is 0 Å². The third-order valence-electron chi connectivity index (χ3n) is 9.65. The van der Waals surface area contributed by atoms with Crippen LogP contribution < -0.4 is 19.8 Å². The van der Waals surface area contributed by atoms with Crippen molar-refractivity contribution in [1.29, 1.82) is 5.26 Å². The molecule has 2 aliphatic heterocycles. The number of anilines is 1. The average molecular weight is 640 g/mol. The maximum absolute atomic E-state index is 15.8. The molecule has 2 fully saturated rings. The predicted molar refractivity (Wildman–Crippen MR) is 171 cm³/mol. The van der Waals surface area contributed by atoms with Gasteiger partial charge >= 0.3 is 5.82 Å². The van der Waals surface area contributed by atoms with E-state index >= 15 is 4.39 Å². The van der Waals surface area contributed by atoms with Gasteiger partial charge in [-0.15, -0.1) is 0 Å². The molecule has 242 valence electrons. The first-order chi connectivity index (χ1) is 22.7. The van der Waals surface area contributed by atoms with Crippen LogP contribution in [0.15, 0.2) is 53.7 Å². The van der Waals surface area contributed by atoms with Crippen molar-refractivity contribution < 1.29 is 18.8 Å². The van der Waals surface area contributed by atoms with Gasteiger partial charge in [0.2, 0.25) is 5.88 Å². The minimum atomic E-state index is -0.915. The second kappa shape index (κ2) is 11.9. The molecule has 7 rings (SSSR count). The van der Waals surface area contributed by atoms with Gasteiger partial charge < -0.3 is 29.1 Å². The van der Waals surface area contributed by atoms with Crippen LogP contribution >= 0.6 is 0 Å². The lowest BCUT2D eigenvalue weighted by molar-refractivity contribution is -0.389. The maximum atomic E-state index is 15.8. The fourth-order valence-electron chi connectivity index (χ4n) is 6.97. The summed E-state index contributed by atoms with van der Waals surface area (Å²) in [5.74, 6) is 0.00401. The van der Waals surface area contributed by atoms with Crippen LogP contribution in [0.4, 0.5) is 15.9 Å². The summed E-state index contributed by atoms with van der Waals surface area (Å²) in [4.78, 5) is 37.5. The molecule has 0 spiro atoms. The van der Waals surface area contributed by atoms with Crippen molar-refractivity contribution >= 4 is 22.4 Å². The van der Waals surface area contributed by atoms with Gasteiger partial charge in [0.25, 0.3) is 0 Å². The summed E-state index contributed by atoms with van der Waals surface area (Å²) >= 11 is 0. The van der Waals surface area contributed by atoms with E-state index in [9.17, 15) is 20.2 Å². The van der Waals surface area contributed by atoms with Crippen LogP contribution in [0.3, 0.4) is 0 Å². The Bertz CT molecular complexity index is 1970. The van der Waals surface area contributed by atoms with Crippen molar-refractivity contribution in [2.45, 2.75) is 63.2 Å². The van der Waals surface area contributed by atoms with Crippen LogP contribution in [0, 0.1) is 27.3 Å². The molecule has 3 aliphatic rings. The van der Waals surface area contributed by atoms with E-state index in [-0.39, 0.29) is 34.3 Å². The molecule has 47 heavy (non-hydrogen) atoms. The standard InChI is InChI=1S/C34H34FN7O5/c1-21-19-47-33-30(34(20-36)8-9-34)27(35)13-26-31(33)41(21)17-23(32(26)43)16-40(15-22-7-10-37-29(12-22)46-2)25-4-3-11-39(18-25)24-5-6-28(38-14-24)42(44)45/h5-7,10,12-14,17,21,25H,3-4,8-9,11,15-16,18-19H2,1-2H3/t21?,25-/m0/s1. The molecule has 0 bridgehead atoms. The van der Waals surface area contributed by atoms with Gasteiger partial charge in [0.15, 0.2) is 17.4 Å². The largest absolute Gasteiger partial charge is 0.489 e. The van der Waals surface area contributed by atoms with Gasteiger partial charge in [-0.05, 0) is 66.3 Å². The molecule has 0 N–H and O–H groups in total. The Morgan fingerprint density at radius 1 is 1.26 bits per heavy atom. The summed E-state index contributed by atoms with van der Waals surface area (Å²) in [6.45, 7) is 4.47. The molecule has 12 nitrogen and oxygen atoms in total. The molecule has 1 saturated carbocycles. The summed E-state index contributed by atoms with van der Waals surface area (Å²) in [6, 6.07) is 10.4. The third kappa shape index (κ3) is 5.52. The molecule has 1 aliphatic carbocycles. The quantitative estimate of drug-likeness (QED) is 0.181. The number of methoxy groups -OCH3 is 1. The maximum Gasteiger partial charge on any atom is 0.363 e. The summed E-state index contributed by atoms with van der Waals surface area (Å²) < 4.78 is 29.2. The zero-order chi connectivity index (χ0) is 32.9. The molecule has 1 saturated heterocycles. The number of aromatic nitrogens is 3. The molecule has 2 atom stereocenters. The molecular formula is C34H34FN7O5. The van der Waals surface area contributed by atoms with Gasteiger partial charge in [-0.1, -0.05) is 0 Å². The smallest absolute Gasteiger partial charge is 0.363 e. The molecule has 0 amide bonds. The first-order valence-electron chi connectivity index (χ1n) is 15.7. The second-order valence-electron chi connectivity index (χ2n) is 12.7.